The zero-order chi connectivity index (χ0) is 13.8. The van der Waals surface area contributed by atoms with E-state index >= 15 is 0 Å². The van der Waals surface area contributed by atoms with Crippen LogP contribution in [-0.4, -0.2) is 40.1 Å². The Morgan fingerprint density at radius 1 is 1.50 bits per heavy atom. The first-order valence-electron chi connectivity index (χ1n) is 6.33. The van der Waals surface area contributed by atoms with Gasteiger partial charge in [0.25, 0.3) is 0 Å². The molecule has 1 aliphatic heterocycles. The zero-order valence-corrected chi connectivity index (χ0v) is 11.5. The molecule has 104 valence electrons. The predicted octanol–water partition coefficient (Wildman–Crippen LogP) is 2.22. The van der Waals surface area contributed by atoms with Gasteiger partial charge in [-0.05, 0) is 17.5 Å². The molecule has 0 unspecified atom stereocenters. The third-order valence-electron chi connectivity index (χ3n) is 3.03. The molecule has 3 heterocycles. The second-order valence-electron chi connectivity index (χ2n) is 4.43. The molecule has 0 saturated carbocycles. The van der Waals surface area contributed by atoms with Crippen LogP contribution in [0, 0.1) is 0 Å². The SMILES string of the molecule is O=C(Nc1cccs1)N1CC[C@H](Oc2ccncn2)C1. The van der Waals surface area contributed by atoms with Crippen LogP contribution in [0.25, 0.3) is 0 Å². The molecule has 20 heavy (non-hydrogen) atoms. The standard InChI is InChI=1S/C13H14N4O2S/c18-13(16-12-2-1-7-20-12)17-6-4-10(8-17)19-11-3-5-14-9-15-11/h1-3,5,7,9-10H,4,6,8H2,(H,16,18)/t10-/m0/s1. The Kier molecular flexibility index (Phi) is 3.78. The molecule has 0 aromatic carbocycles. The first-order chi connectivity index (χ1) is 9.81. The van der Waals surface area contributed by atoms with Crippen molar-refractivity contribution in [3.05, 3.63) is 36.1 Å². The summed E-state index contributed by atoms with van der Waals surface area (Å²) < 4.78 is 5.72. The average molecular weight is 290 g/mol. The van der Waals surface area contributed by atoms with Gasteiger partial charge >= 0.3 is 6.03 Å². The smallest absolute Gasteiger partial charge is 0.322 e. The van der Waals surface area contributed by atoms with E-state index in [-0.39, 0.29) is 12.1 Å². The lowest BCUT2D eigenvalue weighted by molar-refractivity contribution is 0.189. The van der Waals surface area contributed by atoms with Gasteiger partial charge in [-0.3, -0.25) is 5.32 Å². The fraction of sp³-hybridized carbons (Fsp3) is 0.308. The number of hydrogen-bond acceptors (Lipinski definition) is 5. The molecule has 0 spiro atoms. The van der Waals surface area contributed by atoms with Crippen LogP contribution >= 0.6 is 11.3 Å². The summed E-state index contributed by atoms with van der Waals surface area (Å²) in [4.78, 5) is 21.7. The molecule has 2 amide bonds. The van der Waals surface area contributed by atoms with Gasteiger partial charge in [-0.2, -0.15) is 0 Å². The molecule has 1 saturated heterocycles. The van der Waals surface area contributed by atoms with Gasteiger partial charge in [0.15, 0.2) is 0 Å². The topological polar surface area (TPSA) is 67.4 Å². The molecule has 1 fully saturated rings. The predicted molar refractivity (Wildman–Crippen MR) is 76.0 cm³/mol. The number of nitrogens with one attached hydrogen (secondary N) is 1. The van der Waals surface area contributed by atoms with E-state index in [2.05, 4.69) is 15.3 Å². The van der Waals surface area contributed by atoms with Crippen molar-refractivity contribution in [1.29, 1.82) is 0 Å². The lowest BCUT2D eigenvalue weighted by Gasteiger charge is -2.17. The Hall–Kier alpha value is -2.15. The van der Waals surface area contributed by atoms with E-state index in [0.29, 0.717) is 19.0 Å². The van der Waals surface area contributed by atoms with Crippen molar-refractivity contribution in [3.8, 4) is 5.88 Å². The van der Waals surface area contributed by atoms with Crippen molar-refractivity contribution >= 4 is 22.4 Å². The van der Waals surface area contributed by atoms with E-state index < -0.39 is 0 Å². The summed E-state index contributed by atoms with van der Waals surface area (Å²) in [5, 5.41) is 5.66. The maximum atomic E-state index is 12.1. The molecule has 6 nitrogen and oxygen atoms in total. The molecular weight excluding hydrogens is 276 g/mol. The molecule has 1 atom stereocenters. The Balaban J connectivity index is 1.53. The van der Waals surface area contributed by atoms with Crippen LogP contribution in [0.2, 0.25) is 0 Å². The number of amides is 2. The molecule has 2 aromatic heterocycles. The molecule has 3 rings (SSSR count). The van der Waals surface area contributed by atoms with Crippen molar-refractivity contribution in [2.24, 2.45) is 0 Å². The van der Waals surface area contributed by atoms with Gasteiger partial charge in [-0.1, -0.05) is 0 Å². The van der Waals surface area contributed by atoms with E-state index in [1.54, 1.807) is 17.2 Å². The highest BCUT2D eigenvalue weighted by atomic mass is 32.1. The summed E-state index contributed by atoms with van der Waals surface area (Å²) in [7, 11) is 0. The second kappa shape index (κ2) is 5.87. The minimum absolute atomic E-state index is 0.0148. The van der Waals surface area contributed by atoms with Gasteiger partial charge in [0, 0.05) is 25.2 Å². The summed E-state index contributed by atoms with van der Waals surface area (Å²) in [6.45, 7) is 1.26. The van der Waals surface area contributed by atoms with Crippen LogP contribution < -0.4 is 10.1 Å². The molecule has 1 N–H and O–H groups in total. The lowest BCUT2D eigenvalue weighted by atomic mass is 10.3. The fourth-order valence-corrected chi connectivity index (χ4v) is 2.67. The average Bonchev–Trinajstić information content (AvgIpc) is 3.11. The molecule has 1 aliphatic rings. The first kappa shape index (κ1) is 12.9. The number of rotatable bonds is 3. The van der Waals surface area contributed by atoms with Gasteiger partial charge in [0.1, 0.15) is 12.4 Å². The van der Waals surface area contributed by atoms with Crippen LogP contribution in [-0.2, 0) is 0 Å². The van der Waals surface area contributed by atoms with Crippen LogP contribution in [0.1, 0.15) is 6.42 Å². The number of ether oxygens (including phenoxy) is 1. The molecular formula is C13H14N4O2S. The third kappa shape index (κ3) is 3.05. The van der Waals surface area contributed by atoms with Crippen molar-refractivity contribution in [1.82, 2.24) is 14.9 Å². The second-order valence-corrected chi connectivity index (χ2v) is 5.38. The largest absolute Gasteiger partial charge is 0.472 e. The highest BCUT2D eigenvalue weighted by Gasteiger charge is 2.28. The quantitative estimate of drug-likeness (QED) is 0.941. The van der Waals surface area contributed by atoms with Crippen LogP contribution in [0.4, 0.5) is 9.80 Å². The summed E-state index contributed by atoms with van der Waals surface area (Å²) in [6, 6.07) is 5.42. The lowest BCUT2D eigenvalue weighted by Crippen LogP contribution is -2.34. The van der Waals surface area contributed by atoms with E-state index in [4.69, 9.17) is 4.74 Å². The van der Waals surface area contributed by atoms with Gasteiger partial charge < -0.3 is 9.64 Å². The molecule has 7 heteroatoms. The number of carbonyl (C=O) groups excluding carboxylic acids is 1. The van der Waals surface area contributed by atoms with E-state index in [0.717, 1.165) is 11.4 Å². The van der Waals surface area contributed by atoms with Crippen LogP contribution in [0.15, 0.2) is 36.1 Å². The van der Waals surface area contributed by atoms with Crippen molar-refractivity contribution < 1.29 is 9.53 Å². The minimum atomic E-state index is -0.0822. The van der Waals surface area contributed by atoms with Gasteiger partial charge in [-0.25, -0.2) is 14.8 Å². The number of anilines is 1. The zero-order valence-electron chi connectivity index (χ0n) is 10.7. The molecule has 2 aromatic rings. The summed E-state index contributed by atoms with van der Waals surface area (Å²) in [5.74, 6) is 0.547. The van der Waals surface area contributed by atoms with Crippen LogP contribution in [0.5, 0.6) is 5.88 Å². The summed E-state index contributed by atoms with van der Waals surface area (Å²) in [6.07, 6.45) is 3.88. The maximum absolute atomic E-state index is 12.1. The van der Waals surface area contributed by atoms with Crippen molar-refractivity contribution in [3.63, 3.8) is 0 Å². The number of likely N-dealkylation sites (tertiary alicyclic amines) is 1. The van der Waals surface area contributed by atoms with E-state index in [9.17, 15) is 4.79 Å². The van der Waals surface area contributed by atoms with Crippen LogP contribution in [0.3, 0.4) is 0 Å². The number of urea groups is 1. The van der Waals surface area contributed by atoms with Crippen molar-refractivity contribution in [2.75, 3.05) is 18.4 Å². The first-order valence-corrected chi connectivity index (χ1v) is 7.21. The Morgan fingerprint density at radius 3 is 3.20 bits per heavy atom. The number of thiophene rings is 1. The van der Waals surface area contributed by atoms with Crippen molar-refractivity contribution in [2.45, 2.75) is 12.5 Å². The highest BCUT2D eigenvalue weighted by Crippen LogP contribution is 2.19. The number of aromatic nitrogens is 2. The summed E-state index contributed by atoms with van der Waals surface area (Å²) in [5.41, 5.74) is 0. The number of carbonyl (C=O) groups is 1. The Morgan fingerprint density at radius 2 is 2.45 bits per heavy atom. The Labute approximate surface area is 120 Å². The van der Waals surface area contributed by atoms with Gasteiger partial charge in [0.2, 0.25) is 5.88 Å². The third-order valence-corrected chi connectivity index (χ3v) is 3.81. The van der Waals surface area contributed by atoms with Gasteiger partial charge in [-0.15, -0.1) is 11.3 Å². The molecule has 0 aliphatic carbocycles. The monoisotopic (exact) mass is 290 g/mol. The summed E-state index contributed by atoms with van der Waals surface area (Å²) >= 11 is 1.51. The number of hydrogen-bond donors (Lipinski definition) is 1. The highest BCUT2D eigenvalue weighted by molar-refractivity contribution is 7.14. The molecule has 0 bridgehead atoms. The van der Waals surface area contributed by atoms with E-state index in [1.807, 2.05) is 17.5 Å². The fourth-order valence-electron chi connectivity index (χ4n) is 2.06. The Bertz CT molecular complexity index is 561. The maximum Gasteiger partial charge on any atom is 0.322 e. The van der Waals surface area contributed by atoms with E-state index in [1.165, 1.54) is 17.7 Å². The minimum Gasteiger partial charge on any atom is -0.472 e. The number of nitrogens with zero attached hydrogens (tertiary/aromatic N) is 3. The normalized spacial score (nSPS) is 18.0. The molecule has 0 radical (unpaired) electrons. The van der Waals surface area contributed by atoms with Gasteiger partial charge in [0.05, 0.1) is 11.5 Å².